The summed E-state index contributed by atoms with van der Waals surface area (Å²) in [6, 6.07) is 1.92. The number of nitrogens with zero attached hydrogens (tertiary/aromatic N) is 2. The summed E-state index contributed by atoms with van der Waals surface area (Å²) in [6.07, 6.45) is 3.47. The van der Waals surface area contributed by atoms with E-state index < -0.39 is 0 Å². The summed E-state index contributed by atoms with van der Waals surface area (Å²) in [5.41, 5.74) is 1.02. The lowest BCUT2D eigenvalue weighted by atomic mass is 10.1. The molecule has 0 N–H and O–H groups in total. The molecule has 0 amide bonds. The van der Waals surface area contributed by atoms with E-state index >= 15 is 0 Å². The Labute approximate surface area is 106 Å². The van der Waals surface area contributed by atoms with Gasteiger partial charge >= 0.3 is 0 Å². The maximum absolute atomic E-state index is 5.47. The van der Waals surface area contributed by atoms with E-state index in [0.29, 0.717) is 23.2 Å². The first-order chi connectivity index (χ1) is 7.63. The highest BCUT2D eigenvalue weighted by molar-refractivity contribution is 9.09. The van der Waals surface area contributed by atoms with Gasteiger partial charge in [-0.2, -0.15) is 0 Å². The molecule has 0 bridgehead atoms. The van der Waals surface area contributed by atoms with Crippen LogP contribution in [0.1, 0.15) is 32.9 Å². The molecule has 4 heteroatoms. The molecule has 1 heterocycles. The van der Waals surface area contributed by atoms with Gasteiger partial charge in [-0.25, -0.2) is 9.97 Å². The molecule has 0 fully saturated rings. The number of alkyl halides is 1. The average molecular weight is 287 g/mol. The monoisotopic (exact) mass is 286 g/mol. The second-order valence-corrected chi connectivity index (χ2v) is 5.34. The Morgan fingerprint density at radius 3 is 2.75 bits per heavy atom. The van der Waals surface area contributed by atoms with Gasteiger partial charge < -0.3 is 4.74 Å². The minimum atomic E-state index is 0.446. The second-order valence-electron chi connectivity index (χ2n) is 4.16. The van der Waals surface area contributed by atoms with Crippen LogP contribution in [-0.2, 0) is 6.42 Å². The molecule has 90 valence electrons. The topological polar surface area (TPSA) is 35.0 Å². The molecule has 0 spiro atoms. The minimum Gasteiger partial charge on any atom is -0.478 e. The summed E-state index contributed by atoms with van der Waals surface area (Å²) in [4.78, 5) is 8.77. The zero-order valence-electron chi connectivity index (χ0n) is 10.1. The van der Waals surface area contributed by atoms with E-state index in [1.165, 1.54) is 0 Å². The van der Waals surface area contributed by atoms with Gasteiger partial charge in [0.1, 0.15) is 6.33 Å². The molecule has 0 aliphatic heterocycles. The Bertz CT molecular complexity index is 318. The third-order valence-corrected chi connectivity index (χ3v) is 3.66. The average Bonchev–Trinajstić information content (AvgIpc) is 2.26. The maximum atomic E-state index is 5.47. The highest BCUT2D eigenvalue weighted by Crippen LogP contribution is 2.18. The first-order valence-electron chi connectivity index (χ1n) is 5.71. The van der Waals surface area contributed by atoms with Crippen LogP contribution < -0.4 is 4.74 Å². The largest absolute Gasteiger partial charge is 0.478 e. The van der Waals surface area contributed by atoms with Gasteiger partial charge in [0.2, 0.25) is 5.88 Å². The summed E-state index contributed by atoms with van der Waals surface area (Å²) in [5.74, 6) is 1.27. The van der Waals surface area contributed by atoms with Gasteiger partial charge in [0.15, 0.2) is 0 Å². The maximum Gasteiger partial charge on any atom is 0.216 e. The van der Waals surface area contributed by atoms with Crippen molar-refractivity contribution < 1.29 is 4.74 Å². The molecular weight excluding hydrogens is 268 g/mol. The van der Waals surface area contributed by atoms with Gasteiger partial charge in [-0.1, -0.05) is 36.7 Å². The van der Waals surface area contributed by atoms with Crippen LogP contribution in [0.5, 0.6) is 5.88 Å². The molecular formula is C12H19BrN2O. The van der Waals surface area contributed by atoms with E-state index in [1.807, 2.05) is 6.07 Å². The van der Waals surface area contributed by atoms with E-state index in [4.69, 9.17) is 4.74 Å². The summed E-state index contributed by atoms with van der Waals surface area (Å²) in [5, 5.41) is 0. The Kier molecular flexibility index (Phi) is 5.74. The van der Waals surface area contributed by atoms with Crippen molar-refractivity contribution in [1.82, 2.24) is 9.97 Å². The molecule has 1 atom stereocenters. The lowest BCUT2D eigenvalue weighted by molar-refractivity contribution is 0.304. The fourth-order valence-electron chi connectivity index (χ4n) is 1.21. The molecule has 1 aromatic heterocycles. The molecule has 1 aromatic rings. The van der Waals surface area contributed by atoms with Gasteiger partial charge in [0.05, 0.1) is 6.61 Å². The molecule has 1 unspecified atom stereocenters. The number of hydrogen-bond acceptors (Lipinski definition) is 3. The van der Waals surface area contributed by atoms with Crippen molar-refractivity contribution in [2.75, 3.05) is 6.61 Å². The Balaban J connectivity index is 2.59. The minimum absolute atomic E-state index is 0.446. The number of rotatable bonds is 6. The first kappa shape index (κ1) is 13.4. The van der Waals surface area contributed by atoms with E-state index in [9.17, 15) is 0 Å². The molecule has 0 saturated heterocycles. The number of aromatic nitrogens is 2. The molecule has 1 rings (SSSR count). The fourth-order valence-corrected chi connectivity index (χ4v) is 1.54. The van der Waals surface area contributed by atoms with Crippen LogP contribution in [0.2, 0.25) is 0 Å². The number of ether oxygens (including phenoxy) is 1. The Morgan fingerprint density at radius 1 is 1.38 bits per heavy atom. The summed E-state index contributed by atoms with van der Waals surface area (Å²) in [7, 11) is 0. The van der Waals surface area contributed by atoms with Gasteiger partial charge in [-0.3, -0.25) is 0 Å². The van der Waals surface area contributed by atoms with Crippen molar-refractivity contribution in [3.8, 4) is 5.88 Å². The molecule has 0 aliphatic rings. The van der Waals surface area contributed by atoms with Gasteiger partial charge in [0, 0.05) is 23.0 Å². The van der Waals surface area contributed by atoms with Crippen LogP contribution in [-0.4, -0.2) is 21.4 Å². The van der Waals surface area contributed by atoms with Crippen LogP contribution in [0.3, 0.4) is 0 Å². The van der Waals surface area contributed by atoms with Gasteiger partial charge in [0.25, 0.3) is 0 Å². The molecule has 0 aliphatic carbocycles. The predicted octanol–water partition coefficient (Wildman–Crippen LogP) is 3.23. The van der Waals surface area contributed by atoms with Gasteiger partial charge in [-0.05, 0) is 12.3 Å². The Hall–Kier alpha value is -0.640. The van der Waals surface area contributed by atoms with Gasteiger partial charge in [-0.15, -0.1) is 0 Å². The lowest BCUT2D eigenvalue weighted by Crippen LogP contribution is -2.12. The molecule has 3 nitrogen and oxygen atoms in total. The highest BCUT2D eigenvalue weighted by atomic mass is 79.9. The lowest BCUT2D eigenvalue weighted by Gasteiger charge is -2.13. The molecule has 0 aromatic carbocycles. The normalized spacial score (nSPS) is 12.8. The van der Waals surface area contributed by atoms with Crippen molar-refractivity contribution in [1.29, 1.82) is 0 Å². The van der Waals surface area contributed by atoms with Crippen LogP contribution in [0.4, 0.5) is 0 Å². The van der Waals surface area contributed by atoms with Crippen LogP contribution >= 0.6 is 15.9 Å². The van der Waals surface area contributed by atoms with Crippen LogP contribution in [0.15, 0.2) is 12.4 Å². The third kappa shape index (κ3) is 4.47. The second kappa shape index (κ2) is 6.84. The van der Waals surface area contributed by atoms with E-state index in [-0.39, 0.29) is 0 Å². The predicted molar refractivity (Wildman–Crippen MR) is 69.1 cm³/mol. The zero-order valence-corrected chi connectivity index (χ0v) is 11.7. The first-order valence-corrected chi connectivity index (χ1v) is 6.62. The van der Waals surface area contributed by atoms with Crippen molar-refractivity contribution in [2.24, 2.45) is 5.92 Å². The fraction of sp³-hybridized carbons (Fsp3) is 0.667. The Morgan fingerprint density at radius 2 is 2.12 bits per heavy atom. The highest BCUT2D eigenvalue weighted by Gasteiger charge is 2.11. The molecule has 0 radical (unpaired) electrons. The van der Waals surface area contributed by atoms with Crippen molar-refractivity contribution in [2.45, 2.75) is 38.4 Å². The van der Waals surface area contributed by atoms with E-state index in [0.717, 1.165) is 18.5 Å². The molecule has 16 heavy (non-hydrogen) atoms. The van der Waals surface area contributed by atoms with E-state index in [2.05, 4.69) is 46.7 Å². The molecule has 0 saturated carbocycles. The summed E-state index contributed by atoms with van der Waals surface area (Å²) in [6.45, 7) is 7.16. The summed E-state index contributed by atoms with van der Waals surface area (Å²) < 4.78 is 5.47. The van der Waals surface area contributed by atoms with Crippen molar-refractivity contribution >= 4 is 15.9 Å². The standard InChI is InChI=1S/C12H19BrN2O/c1-4-5-16-12-7-10(14-8-15-12)6-11(13)9(2)3/h7-9,11H,4-6H2,1-3H3. The van der Waals surface area contributed by atoms with Crippen LogP contribution in [0, 0.1) is 5.92 Å². The van der Waals surface area contributed by atoms with Crippen molar-refractivity contribution in [3.63, 3.8) is 0 Å². The number of halogens is 1. The number of hydrogen-bond donors (Lipinski definition) is 0. The third-order valence-electron chi connectivity index (χ3n) is 2.28. The van der Waals surface area contributed by atoms with Crippen molar-refractivity contribution in [3.05, 3.63) is 18.1 Å². The smallest absolute Gasteiger partial charge is 0.216 e. The van der Waals surface area contributed by atoms with Crippen LogP contribution in [0.25, 0.3) is 0 Å². The SMILES string of the molecule is CCCOc1cc(CC(Br)C(C)C)ncn1. The quantitative estimate of drug-likeness (QED) is 0.753. The zero-order chi connectivity index (χ0) is 12.0. The summed E-state index contributed by atoms with van der Waals surface area (Å²) >= 11 is 3.65. The van der Waals surface area contributed by atoms with E-state index in [1.54, 1.807) is 6.33 Å².